The molecule has 1 atom stereocenters. The molecule has 0 aliphatic rings. The van der Waals surface area contributed by atoms with Gasteiger partial charge >= 0.3 is 0 Å². The highest BCUT2D eigenvalue weighted by Gasteiger charge is 2.11. The third kappa shape index (κ3) is 3.73. The summed E-state index contributed by atoms with van der Waals surface area (Å²) < 4.78 is 18.4. The molecule has 1 unspecified atom stereocenters. The molecule has 0 saturated heterocycles. The molecule has 112 valence electrons. The third-order valence-electron chi connectivity index (χ3n) is 3.54. The van der Waals surface area contributed by atoms with Crippen LogP contribution in [0.3, 0.4) is 0 Å². The van der Waals surface area contributed by atoms with Crippen molar-refractivity contribution in [1.82, 2.24) is 5.32 Å². The minimum atomic E-state index is -0.591. The van der Waals surface area contributed by atoms with Crippen molar-refractivity contribution in [3.05, 3.63) is 59.4 Å². The maximum absolute atomic E-state index is 13.3. The van der Waals surface area contributed by atoms with Gasteiger partial charge in [0.1, 0.15) is 5.75 Å². The summed E-state index contributed by atoms with van der Waals surface area (Å²) in [6.07, 6.45) is 0.891. The molecule has 2 N–H and O–H groups in total. The first-order valence-corrected chi connectivity index (χ1v) is 6.99. The van der Waals surface area contributed by atoms with Crippen molar-refractivity contribution >= 4 is 0 Å². The molecule has 0 radical (unpaired) electrons. The number of nitrogens with one attached hydrogen (secondary N) is 1. The van der Waals surface area contributed by atoms with Gasteiger partial charge in [-0.25, -0.2) is 4.39 Å². The highest BCUT2D eigenvalue weighted by molar-refractivity contribution is 5.34. The Hall–Kier alpha value is -2.07. The molecular formula is C17H20FNO2. The zero-order chi connectivity index (χ0) is 15.2. The number of halogens is 1. The van der Waals surface area contributed by atoms with E-state index in [9.17, 15) is 9.50 Å². The fourth-order valence-electron chi connectivity index (χ4n) is 2.27. The summed E-state index contributed by atoms with van der Waals surface area (Å²) in [4.78, 5) is 0. The monoisotopic (exact) mass is 289 g/mol. The van der Waals surface area contributed by atoms with E-state index < -0.39 is 5.82 Å². The van der Waals surface area contributed by atoms with Gasteiger partial charge in [-0.1, -0.05) is 31.2 Å². The Bertz CT molecular complexity index is 584. The minimum Gasteiger partial charge on any atom is -0.505 e. The molecule has 0 bridgehead atoms. The van der Waals surface area contributed by atoms with Gasteiger partial charge in [0, 0.05) is 18.2 Å². The Labute approximate surface area is 124 Å². The van der Waals surface area contributed by atoms with E-state index >= 15 is 0 Å². The van der Waals surface area contributed by atoms with Crippen molar-refractivity contribution in [1.29, 1.82) is 0 Å². The molecular weight excluding hydrogens is 269 g/mol. The van der Waals surface area contributed by atoms with Crippen molar-refractivity contribution in [2.45, 2.75) is 25.9 Å². The van der Waals surface area contributed by atoms with Crippen LogP contribution in [0.1, 0.15) is 30.5 Å². The number of methoxy groups -OCH3 is 1. The van der Waals surface area contributed by atoms with Crippen LogP contribution < -0.4 is 10.1 Å². The van der Waals surface area contributed by atoms with E-state index in [2.05, 4.69) is 12.2 Å². The molecule has 2 aromatic rings. The Morgan fingerprint density at radius 3 is 2.52 bits per heavy atom. The first-order valence-electron chi connectivity index (χ1n) is 6.99. The molecule has 0 aliphatic carbocycles. The lowest BCUT2D eigenvalue weighted by Gasteiger charge is -2.18. The maximum atomic E-state index is 13.3. The van der Waals surface area contributed by atoms with Gasteiger partial charge in [-0.15, -0.1) is 0 Å². The number of phenols is 1. The summed E-state index contributed by atoms with van der Waals surface area (Å²) in [5, 5.41) is 13.0. The van der Waals surface area contributed by atoms with E-state index in [1.54, 1.807) is 19.2 Å². The van der Waals surface area contributed by atoms with Crippen LogP contribution in [0.5, 0.6) is 11.5 Å². The average Bonchev–Trinajstić information content (AvgIpc) is 2.52. The molecule has 0 saturated carbocycles. The second-order valence-electron chi connectivity index (χ2n) is 4.86. The molecule has 0 aromatic heterocycles. The van der Waals surface area contributed by atoms with Crippen LogP contribution in [0.2, 0.25) is 0 Å². The second-order valence-corrected chi connectivity index (χ2v) is 4.86. The molecule has 0 amide bonds. The van der Waals surface area contributed by atoms with Crippen LogP contribution in [0.15, 0.2) is 42.5 Å². The average molecular weight is 289 g/mol. The van der Waals surface area contributed by atoms with Crippen molar-refractivity contribution in [2.75, 3.05) is 7.11 Å². The van der Waals surface area contributed by atoms with E-state index in [1.807, 2.05) is 24.3 Å². The Morgan fingerprint density at radius 1 is 1.19 bits per heavy atom. The van der Waals surface area contributed by atoms with Crippen LogP contribution in [0.4, 0.5) is 4.39 Å². The topological polar surface area (TPSA) is 41.5 Å². The van der Waals surface area contributed by atoms with Crippen LogP contribution in [-0.4, -0.2) is 12.2 Å². The quantitative estimate of drug-likeness (QED) is 0.850. The molecule has 2 aromatic carbocycles. The summed E-state index contributed by atoms with van der Waals surface area (Å²) in [7, 11) is 1.64. The summed E-state index contributed by atoms with van der Waals surface area (Å²) in [5.41, 5.74) is 1.69. The van der Waals surface area contributed by atoms with E-state index in [1.165, 1.54) is 6.07 Å². The van der Waals surface area contributed by atoms with Gasteiger partial charge in [0.2, 0.25) is 0 Å². The zero-order valence-electron chi connectivity index (χ0n) is 12.3. The summed E-state index contributed by atoms with van der Waals surface area (Å²) in [5.74, 6) is -0.0576. The summed E-state index contributed by atoms with van der Waals surface area (Å²) >= 11 is 0. The fraction of sp³-hybridized carbons (Fsp3) is 0.294. The van der Waals surface area contributed by atoms with E-state index in [-0.39, 0.29) is 11.8 Å². The predicted octanol–water partition coefficient (Wildman–Crippen LogP) is 3.78. The van der Waals surface area contributed by atoms with Crippen molar-refractivity contribution in [2.24, 2.45) is 0 Å². The molecule has 0 heterocycles. The van der Waals surface area contributed by atoms with E-state index in [0.717, 1.165) is 17.7 Å². The third-order valence-corrected chi connectivity index (χ3v) is 3.54. The summed E-state index contributed by atoms with van der Waals surface area (Å²) in [6.45, 7) is 2.49. The zero-order valence-corrected chi connectivity index (χ0v) is 12.3. The number of ether oxygens (including phenoxy) is 1. The Kier molecular flexibility index (Phi) is 5.17. The first-order chi connectivity index (χ1) is 10.2. The largest absolute Gasteiger partial charge is 0.505 e. The number of para-hydroxylation sites is 1. The van der Waals surface area contributed by atoms with Gasteiger partial charge in [0.05, 0.1) is 7.11 Å². The number of benzene rings is 2. The number of phenolic OH excluding ortho intramolecular Hbond substituents is 1. The van der Waals surface area contributed by atoms with Gasteiger partial charge in [-0.3, -0.25) is 0 Å². The van der Waals surface area contributed by atoms with Crippen molar-refractivity contribution in [3.8, 4) is 11.5 Å². The van der Waals surface area contributed by atoms with Gasteiger partial charge in [0.25, 0.3) is 0 Å². The maximum Gasteiger partial charge on any atom is 0.165 e. The lowest BCUT2D eigenvalue weighted by Crippen LogP contribution is -2.20. The summed E-state index contributed by atoms with van der Waals surface area (Å²) in [6, 6.07) is 12.5. The number of aromatic hydroxyl groups is 1. The minimum absolute atomic E-state index is 0.138. The fourth-order valence-corrected chi connectivity index (χ4v) is 2.27. The lowest BCUT2D eigenvalue weighted by molar-refractivity contribution is 0.413. The first kappa shape index (κ1) is 15.3. The number of rotatable bonds is 6. The number of hydrogen-bond acceptors (Lipinski definition) is 3. The van der Waals surface area contributed by atoms with Crippen LogP contribution in [0.25, 0.3) is 0 Å². The second kappa shape index (κ2) is 7.09. The molecule has 3 nitrogen and oxygen atoms in total. The standard InChI is InChI=1S/C17H20FNO2/c1-3-16(12-7-9-14(21-2)10-8-12)19-11-13-5-4-6-15(18)17(13)20/h4-10,16,19-20H,3,11H2,1-2H3. The van der Waals surface area contributed by atoms with E-state index in [4.69, 9.17) is 4.74 Å². The van der Waals surface area contributed by atoms with Gasteiger partial charge in [-0.05, 0) is 30.2 Å². The SMILES string of the molecule is CCC(NCc1cccc(F)c1O)c1ccc(OC)cc1. The van der Waals surface area contributed by atoms with Crippen molar-refractivity contribution < 1.29 is 14.2 Å². The highest BCUT2D eigenvalue weighted by atomic mass is 19.1. The molecule has 0 fully saturated rings. The number of hydrogen-bond donors (Lipinski definition) is 2. The van der Waals surface area contributed by atoms with Gasteiger partial charge in [-0.2, -0.15) is 0 Å². The molecule has 4 heteroatoms. The Balaban J connectivity index is 2.06. The van der Waals surface area contributed by atoms with Crippen LogP contribution >= 0.6 is 0 Å². The van der Waals surface area contributed by atoms with Gasteiger partial charge in [0.15, 0.2) is 11.6 Å². The smallest absolute Gasteiger partial charge is 0.165 e. The van der Waals surface area contributed by atoms with Crippen LogP contribution in [-0.2, 0) is 6.54 Å². The molecule has 21 heavy (non-hydrogen) atoms. The molecule has 0 spiro atoms. The molecule has 2 rings (SSSR count). The highest BCUT2D eigenvalue weighted by Crippen LogP contribution is 2.24. The van der Waals surface area contributed by atoms with Crippen molar-refractivity contribution in [3.63, 3.8) is 0 Å². The van der Waals surface area contributed by atoms with Crippen LogP contribution in [0, 0.1) is 5.82 Å². The predicted molar refractivity (Wildman–Crippen MR) is 80.9 cm³/mol. The van der Waals surface area contributed by atoms with Gasteiger partial charge < -0.3 is 15.2 Å². The lowest BCUT2D eigenvalue weighted by atomic mass is 10.0. The Morgan fingerprint density at radius 2 is 1.90 bits per heavy atom. The normalized spacial score (nSPS) is 12.1. The molecule has 0 aliphatic heterocycles. The van der Waals surface area contributed by atoms with E-state index in [0.29, 0.717) is 12.1 Å².